The first-order chi connectivity index (χ1) is 15.5. The van der Waals surface area contributed by atoms with Gasteiger partial charge in [-0.15, -0.1) is 0 Å². The fraction of sp³-hybridized carbons (Fsp3) is 0.217. The summed E-state index contributed by atoms with van der Waals surface area (Å²) in [6, 6.07) is 16.5. The molecule has 0 saturated heterocycles. The number of carbonyl (C=O) groups is 1. The lowest BCUT2D eigenvalue weighted by atomic mass is 10.1. The van der Waals surface area contributed by atoms with Crippen molar-refractivity contribution in [2.24, 2.45) is 4.99 Å². The average Bonchev–Trinajstić information content (AvgIpc) is 3.13. The van der Waals surface area contributed by atoms with Crippen LogP contribution in [0.25, 0.3) is 6.08 Å². The molecule has 7 nitrogen and oxygen atoms in total. The van der Waals surface area contributed by atoms with E-state index in [1.54, 1.807) is 24.3 Å². The van der Waals surface area contributed by atoms with Crippen LogP contribution in [0.5, 0.6) is 5.75 Å². The van der Waals surface area contributed by atoms with E-state index >= 15 is 0 Å². The van der Waals surface area contributed by atoms with Crippen LogP contribution in [0.4, 0.5) is 5.69 Å². The summed E-state index contributed by atoms with van der Waals surface area (Å²) in [5.74, 6) is -0.0391. The quantitative estimate of drug-likeness (QED) is 0.379. The van der Waals surface area contributed by atoms with Crippen molar-refractivity contribution in [3.05, 3.63) is 63.8 Å². The first kappa shape index (κ1) is 23.1. The van der Waals surface area contributed by atoms with Crippen molar-refractivity contribution in [1.29, 1.82) is 10.5 Å². The summed E-state index contributed by atoms with van der Waals surface area (Å²) >= 11 is 11.9. The van der Waals surface area contributed by atoms with Gasteiger partial charge in [-0.3, -0.25) is 0 Å². The number of hydrogen-bond donors (Lipinski definition) is 0. The van der Waals surface area contributed by atoms with Crippen molar-refractivity contribution in [2.45, 2.75) is 12.8 Å². The first-order valence-corrected chi connectivity index (χ1v) is 10.4. The van der Waals surface area contributed by atoms with Crippen LogP contribution in [-0.2, 0) is 9.53 Å². The minimum absolute atomic E-state index is 0.0594. The van der Waals surface area contributed by atoms with E-state index in [1.807, 2.05) is 29.2 Å². The summed E-state index contributed by atoms with van der Waals surface area (Å²) in [6.45, 7) is 1.02. The number of aliphatic imine (C=N–C) groups is 1. The first-order valence-electron chi connectivity index (χ1n) is 9.68. The van der Waals surface area contributed by atoms with Gasteiger partial charge in [0.25, 0.3) is 0 Å². The van der Waals surface area contributed by atoms with Gasteiger partial charge >= 0.3 is 5.97 Å². The van der Waals surface area contributed by atoms with Gasteiger partial charge in [-0.25, -0.2) is 9.79 Å². The Hall–Kier alpha value is -3.52. The lowest BCUT2D eigenvalue weighted by Gasteiger charge is -2.22. The highest BCUT2D eigenvalue weighted by Crippen LogP contribution is 2.28. The number of ether oxygens (including phenoxy) is 2. The number of hydrogen-bond acceptors (Lipinski definition) is 7. The van der Waals surface area contributed by atoms with Crippen LogP contribution in [0.3, 0.4) is 0 Å². The smallest absolute Gasteiger partial charge is 0.363 e. The van der Waals surface area contributed by atoms with Crippen molar-refractivity contribution >= 4 is 46.8 Å². The topological polar surface area (TPSA) is 98.7 Å². The predicted molar refractivity (Wildman–Crippen MR) is 123 cm³/mol. The maximum absolute atomic E-state index is 12.2. The van der Waals surface area contributed by atoms with Gasteiger partial charge in [0.05, 0.1) is 30.0 Å². The largest absolute Gasteiger partial charge is 0.482 e. The number of benzene rings is 2. The molecule has 0 aliphatic carbocycles. The number of carbonyl (C=O) groups excluding carboxylic acids is 1. The molecule has 1 heterocycles. The van der Waals surface area contributed by atoms with Gasteiger partial charge in [-0.2, -0.15) is 10.5 Å². The number of nitriles is 2. The molecule has 0 fully saturated rings. The van der Waals surface area contributed by atoms with Crippen LogP contribution in [0.1, 0.15) is 18.4 Å². The molecule has 1 aliphatic rings. The van der Waals surface area contributed by atoms with Gasteiger partial charge in [0.2, 0.25) is 5.90 Å². The number of halogens is 2. The molecule has 32 heavy (non-hydrogen) atoms. The van der Waals surface area contributed by atoms with Gasteiger partial charge in [0.15, 0.2) is 12.3 Å². The maximum atomic E-state index is 12.2. The molecule has 0 N–H and O–H groups in total. The van der Waals surface area contributed by atoms with Crippen molar-refractivity contribution < 1.29 is 14.3 Å². The third-order valence-corrected chi connectivity index (χ3v) is 4.99. The fourth-order valence-corrected chi connectivity index (χ4v) is 3.39. The molecule has 2 aromatic rings. The fourth-order valence-electron chi connectivity index (χ4n) is 2.93. The zero-order chi connectivity index (χ0) is 22.9. The van der Waals surface area contributed by atoms with Crippen LogP contribution in [0, 0.1) is 22.7 Å². The highest BCUT2D eigenvalue weighted by molar-refractivity contribution is 6.35. The van der Waals surface area contributed by atoms with E-state index in [0.29, 0.717) is 41.7 Å². The maximum Gasteiger partial charge on any atom is 0.363 e. The Morgan fingerprint density at radius 2 is 1.75 bits per heavy atom. The van der Waals surface area contributed by atoms with Crippen molar-refractivity contribution in [2.75, 3.05) is 24.6 Å². The molecule has 0 atom stereocenters. The molecule has 0 spiro atoms. The molecule has 0 unspecified atom stereocenters. The van der Waals surface area contributed by atoms with Crippen molar-refractivity contribution in [3.8, 4) is 17.9 Å². The monoisotopic (exact) mass is 468 g/mol. The third kappa shape index (κ3) is 6.24. The average molecular weight is 469 g/mol. The number of anilines is 1. The molecule has 1 aliphatic heterocycles. The van der Waals surface area contributed by atoms with E-state index in [1.165, 1.54) is 0 Å². The summed E-state index contributed by atoms with van der Waals surface area (Å²) < 4.78 is 10.7. The molecule has 0 saturated carbocycles. The molecule has 2 aromatic carbocycles. The summed E-state index contributed by atoms with van der Waals surface area (Å²) in [5.41, 5.74) is 1.81. The molecule has 0 aromatic heterocycles. The predicted octanol–water partition coefficient (Wildman–Crippen LogP) is 5.00. The van der Waals surface area contributed by atoms with Gasteiger partial charge in [-0.1, -0.05) is 35.3 Å². The molecule has 162 valence electrons. The number of cyclic esters (lactones) is 1. The van der Waals surface area contributed by atoms with E-state index in [0.717, 1.165) is 11.3 Å². The SMILES string of the molecule is N#CCCN(CCC#N)c1ccc(C=C2N=C(COc3ccc(Cl)cc3Cl)OC2=O)cc1. The van der Waals surface area contributed by atoms with Crippen LogP contribution in [0.2, 0.25) is 10.0 Å². The summed E-state index contributed by atoms with van der Waals surface area (Å²) in [6.07, 6.45) is 2.34. The van der Waals surface area contributed by atoms with Crippen LogP contribution in [0.15, 0.2) is 53.2 Å². The minimum Gasteiger partial charge on any atom is -0.482 e. The highest BCUT2D eigenvalue weighted by atomic mass is 35.5. The van der Waals surface area contributed by atoms with Gasteiger partial charge in [0.1, 0.15) is 5.75 Å². The zero-order valence-corrected chi connectivity index (χ0v) is 18.4. The Labute approximate surface area is 195 Å². The summed E-state index contributed by atoms with van der Waals surface area (Å²) in [7, 11) is 0. The van der Waals surface area contributed by atoms with Gasteiger partial charge < -0.3 is 14.4 Å². The lowest BCUT2D eigenvalue weighted by molar-refractivity contribution is -0.130. The Morgan fingerprint density at radius 1 is 1.06 bits per heavy atom. The highest BCUT2D eigenvalue weighted by Gasteiger charge is 2.23. The normalized spacial score (nSPS) is 13.8. The van der Waals surface area contributed by atoms with E-state index in [-0.39, 0.29) is 18.2 Å². The van der Waals surface area contributed by atoms with Crippen molar-refractivity contribution in [3.63, 3.8) is 0 Å². The molecular formula is C23H18Cl2N4O3. The number of nitrogens with zero attached hydrogens (tertiary/aromatic N) is 4. The van der Waals surface area contributed by atoms with Crippen molar-refractivity contribution in [1.82, 2.24) is 0 Å². The zero-order valence-electron chi connectivity index (χ0n) is 16.9. The third-order valence-electron chi connectivity index (χ3n) is 4.46. The van der Waals surface area contributed by atoms with E-state index in [2.05, 4.69) is 17.1 Å². The molecule has 3 rings (SSSR count). The molecule has 0 amide bonds. The number of rotatable bonds is 9. The minimum atomic E-state index is -0.570. The Balaban J connectivity index is 1.67. The van der Waals surface area contributed by atoms with E-state index < -0.39 is 5.97 Å². The van der Waals surface area contributed by atoms with E-state index in [4.69, 9.17) is 43.2 Å². The molecular weight excluding hydrogens is 451 g/mol. The second-order valence-electron chi connectivity index (χ2n) is 6.68. The molecule has 9 heteroatoms. The second kappa shape index (κ2) is 11.2. The second-order valence-corrected chi connectivity index (χ2v) is 7.53. The standard InChI is InChI=1S/C23H18Cl2N4O3/c24-17-5-8-21(19(25)14-17)31-15-22-28-20(23(30)32-22)13-16-3-6-18(7-4-16)29(11-1-9-26)12-2-10-27/h3-8,13-14H,1-2,11-12,15H2. The van der Waals surface area contributed by atoms with E-state index in [9.17, 15) is 4.79 Å². The Kier molecular flexibility index (Phi) is 8.10. The lowest BCUT2D eigenvalue weighted by Crippen LogP contribution is -2.25. The van der Waals surface area contributed by atoms with Crippen LogP contribution in [-0.4, -0.2) is 31.6 Å². The molecule has 0 bridgehead atoms. The Bertz CT molecular complexity index is 1110. The summed E-state index contributed by atoms with van der Waals surface area (Å²) in [5, 5.41) is 18.5. The Morgan fingerprint density at radius 3 is 2.38 bits per heavy atom. The summed E-state index contributed by atoms with van der Waals surface area (Å²) in [4.78, 5) is 18.3. The van der Waals surface area contributed by atoms with Gasteiger partial charge in [-0.05, 0) is 42.0 Å². The van der Waals surface area contributed by atoms with Crippen LogP contribution >= 0.6 is 23.2 Å². The molecule has 0 radical (unpaired) electrons. The van der Waals surface area contributed by atoms with Gasteiger partial charge in [0, 0.05) is 23.8 Å². The number of esters is 1. The van der Waals surface area contributed by atoms with Crippen LogP contribution < -0.4 is 9.64 Å².